The van der Waals surface area contributed by atoms with Crippen LogP contribution in [0.3, 0.4) is 0 Å². The van der Waals surface area contributed by atoms with Gasteiger partial charge in [0, 0.05) is 35.8 Å². The van der Waals surface area contributed by atoms with Crippen molar-refractivity contribution in [1.82, 2.24) is 20.4 Å². The van der Waals surface area contributed by atoms with Crippen molar-refractivity contribution in [2.24, 2.45) is 7.05 Å². The summed E-state index contributed by atoms with van der Waals surface area (Å²) in [6.07, 6.45) is 5.16. The average molecular weight is 346 g/mol. The summed E-state index contributed by atoms with van der Waals surface area (Å²) < 4.78 is 29.5. The number of hydrogen-bond donors (Lipinski definition) is 2. The van der Waals surface area contributed by atoms with Gasteiger partial charge in [-0.2, -0.15) is 5.10 Å². The van der Waals surface area contributed by atoms with Crippen LogP contribution in [0.5, 0.6) is 0 Å². The van der Waals surface area contributed by atoms with Crippen LogP contribution in [0.4, 0.5) is 13.6 Å². The van der Waals surface area contributed by atoms with E-state index >= 15 is 0 Å². The standard InChI is InChI=1S/C18H20F2N4O/c1-24-16-7-3-6-14(11(16)9-21-24)22-18(25)23-15-8-10(15)17-12(19)4-2-5-13(17)20/h2,4-5,9-10,14-15H,3,6-8H2,1H3,(H2,22,23,25). The SMILES string of the molecule is Cn1ncc2c1CCCC2NC(=O)NC1CC1c1c(F)cccc1F. The van der Waals surface area contributed by atoms with Crippen molar-refractivity contribution >= 4 is 6.03 Å². The maximum Gasteiger partial charge on any atom is 0.315 e. The van der Waals surface area contributed by atoms with Gasteiger partial charge in [0.15, 0.2) is 0 Å². The number of carbonyl (C=O) groups is 1. The Hall–Kier alpha value is -2.44. The third-order valence-electron chi connectivity index (χ3n) is 5.16. The number of nitrogens with one attached hydrogen (secondary N) is 2. The zero-order chi connectivity index (χ0) is 17.6. The van der Waals surface area contributed by atoms with E-state index in [4.69, 9.17) is 0 Å². The molecule has 0 bridgehead atoms. The molecule has 1 fully saturated rings. The van der Waals surface area contributed by atoms with Crippen LogP contribution < -0.4 is 10.6 Å². The summed E-state index contributed by atoms with van der Waals surface area (Å²) in [4.78, 5) is 12.3. The number of rotatable bonds is 3. The first-order valence-corrected chi connectivity index (χ1v) is 8.56. The summed E-state index contributed by atoms with van der Waals surface area (Å²) in [6, 6.07) is 3.24. The maximum atomic E-state index is 13.8. The molecule has 2 amide bonds. The molecular formula is C18H20F2N4O. The molecule has 1 heterocycles. The minimum atomic E-state index is -0.554. The lowest BCUT2D eigenvalue weighted by atomic mass is 9.93. The molecule has 2 aliphatic rings. The molecule has 0 spiro atoms. The number of aromatic nitrogens is 2. The number of halogens is 2. The Morgan fingerprint density at radius 3 is 2.80 bits per heavy atom. The molecule has 7 heteroatoms. The predicted octanol–water partition coefficient (Wildman–Crippen LogP) is 2.93. The van der Waals surface area contributed by atoms with Crippen molar-refractivity contribution in [3.63, 3.8) is 0 Å². The molecular weight excluding hydrogens is 326 g/mol. The highest BCUT2D eigenvalue weighted by Crippen LogP contribution is 2.43. The fourth-order valence-corrected chi connectivity index (χ4v) is 3.76. The number of benzene rings is 1. The Balaban J connectivity index is 1.38. The van der Waals surface area contributed by atoms with Crippen LogP contribution >= 0.6 is 0 Å². The molecule has 132 valence electrons. The number of carbonyl (C=O) groups excluding carboxylic acids is 1. The first-order valence-electron chi connectivity index (χ1n) is 8.56. The van der Waals surface area contributed by atoms with Crippen LogP contribution in [-0.4, -0.2) is 21.9 Å². The van der Waals surface area contributed by atoms with Crippen LogP contribution in [0.25, 0.3) is 0 Å². The lowest BCUT2D eigenvalue weighted by Crippen LogP contribution is -2.40. The Morgan fingerprint density at radius 1 is 1.28 bits per heavy atom. The van der Waals surface area contributed by atoms with Crippen LogP contribution in [0, 0.1) is 11.6 Å². The van der Waals surface area contributed by atoms with Gasteiger partial charge in [0.2, 0.25) is 0 Å². The average Bonchev–Trinajstić information content (AvgIpc) is 3.19. The molecule has 3 atom stereocenters. The molecule has 4 rings (SSSR count). The molecule has 5 nitrogen and oxygen atoms in total. The third kappa shape index (κ3) is 2.99. The van der Waals surface area contributed by atoms with E-state index in [0.29, 0.717) is 6.42 Å². The van der Waals surface area contributed by atoms with Gasteiger partial charge in [-0.15, -0.1) is 0 Å². The lowest BCUT2D eigenvalue weighted by molar-refractivity contribution is 0.235. The maximum absolute atomic E-state index is 13.8. The van der Waals surface area contributed by atoms with Crippen LogP contribution in [-0.2, 0) is 13.5 Å². The van der Waals surface area contributed by atoms with Gasteiger partial charge < -0.3 is 10.6 Å². The summed E-state index contributed by atoms with van der Waals surface area (Å²) in [5.41, 5.74) is 2.27. The van der Waals surface area contributed by atoms with Gasteiger partial charge >= 0.3 is 6.03 Å². The van der Waals surface area contributed by atoms with Crippen molar-refractivity contribution in [1.29, 1.82) is 0 Å². The molecule has 0 radical (unpaired) electrons. The third-order valence-corrected chi connectivity index (χ3v) is 5.16. The van der Waals surface area contributed by atoms with Crippen LogP contribution in [0.1, 0.15) is 48.0 Å². The molecule has 2 aliphatic carbocycles. The summed E-state index contributed by atoms with van der Waals surface area (Å²) in [7, 11) is 1.90. The van der Waals surface area contributed by atoms with E-state index in [1.54, 1.807) is 6.20 Å². The van der Waals surface area contributed by atoms with Crippen molar-refractivity contribution in [2.45, 2.75) is 43.7 Å². The largest absolute Gasteiger partial charge is 0.335 e. The van der Waals surface area contributed by atoms with Gasteiger partial charge in [-0.1, -0.05) is 6.07 Å². The predicted molar refractivity (Wildman–Crippen MR) is 88.1 cm³/mol. The van der Waals surface area contributed by atoms with Crippen molar-refractivity contribution in [3.05, 3.63) is 52.9 Å². The summed E-state index contributed by atoms with van der Waals surface area (Å²) in [6.45, 7) is 0. The van der Waals surface area contributed by atoms with Crippen molar-refractivity contribution in [3.8, 4) is 0 Å². The second-order valence-corrected chi connectivity index (χ2v) is 6.82. The summed E-state index contributed by atoms with van der Waals surface area (Å²) in [5.74, 6) is -1.41. The number of fused-ring (bicyclic) bond motifs is 1. The highest BCUT2D eigenvalue weighted by Gasteiger charge is 2.43. The highest BCUT2D eigenvalue weighted by molar-refractivity contribution is 5.75. The molecule has 1 aromatic carbocycles. The van der Waals surface area contributed by atoms with Crippen molar-refractivity contribution < 1.29 is 13.6 Å². The molecule has 3 unspecified atom stereocenters. The molecule has 2 aromatic rings. The van der Waals surface area contributed by atoms with E-state index in [2.05, 4.69) is 15.7 Å². The van der Waals surface area contributed by atoms with Gasteiger partial charge in [0.05, 0.1) is 12.2 Å². The Morgan fingerprint density at radius 2 is 2.04 bits per heavy atom. The Bertz CT molecular complexity index is 799. The van der Waals surface area contributed by atoms with Gasteiger partial charge in [0.1, 0.15) is 11.6 Å². The quantitative estimate of drug-likeness (QED) is 0.898. The Kier molecular flexibility index (Phi) is 3.94. The summed E-state index contributed by atoms with van der Waals surface area (Å²) >= 11 is 0. The number of hydrogen-bond acceptors (Lipinski definition) is 2. The Labute approximate surface area is 144 Å². The minimum Gasteiger partial charge on any atom is -0.335 e. The molecule has 0 aliphatic heterocycles. The van der Waals surface area contributed by atoms with E-state index in [1.165, 1.54) is 18.2 Å². The zero-order valence-corrected chi connectivity index (χ0v) is 13.9. The number of amides is 2. The van der Waals surface area contributed by atoms with Crippen LogP contribution in [0.2, 0.25) is 0 Å². The number of aryl methyl sites for hydroxylation is 1. The van der Waals surface area contributed by atoms with E-state index in [-0.39, 0.29) is 29.6 Å². The molecule has 0 saturated heterocycles. The van der Waals surface area contributed by atoms with Crippen molar-refractivity contribution in [2.75, 3.05) is 0 Å². The minimum absolute atomic E-state index is 0.0695. The molecule has 2 N–H and O–H groups in total. The van der Waals surface area contributed by atoms with E-state index < -0.39 is 11.6 Å². The van der Waals surface area contributed by atoms with E-state index in [1.807, 2.05) is 11.7 Å². The topological polar surface area (TPSA) is 59.0 Å². The number of urea groups is 1. The first kappa shape index (κ1) is 16.1. The van der Waals surface area contributed by atoms with Gasteiger partial charge in [0.25, 0.3) is 0 Å². The summed E-state index contributed by atoms with van der Waals surface area (Å²) in [5, 5.41) is 10.1. The van der Waals surface area contributed by atoms with Gasteiger partial charge in [-0.3, -0.25) is 4.68 Å². The van der Waals surface area contributed by atoms with E-state index in [9.17, 15) is 13.6 Å². The van der Waals surface area contributed by atoms with Gasteiger partial charge in [-0.25, -0.2) is 13.6 Å². The second-order valence-electron chi connectivity index (χ2n) is 6.82. The molecule has 25 heavy (non-hydrogen) atoms. The monoisotopic (exact) mass is 346 g/mol. The smallest absolute Gasteiger partial charge is 0.315 e. The van der Waals surface area contributed by atoms with Gasteiger partial charge in [-0.05, 0) is 37.8 Å². The number of nitrogens with zero attached hydrogens (tertiary/aromatic N) is 2. The first-order chi connectivity index (χ1) is 12.0. The van der Waals surface area contributed by atoms with Crippen LogP contribution in [0.15, 0.2) is 24.4 Å². The fraction of sp³-hybridized carbons (Fsp3) is 0.444. The molecule has 1 aromatic heterocycles. The highest BCUT2D eigenvalue weighted by atomic mass is 19.1. The van der Waals surface area contributed by atoms with E-state index in [0.717, 1.165) is 30.5 Å². The normalized spacial score (nSPS) is 24.5. The lowest BCUT2D eigenvalue weighted by Gasteiger charge is -2.24. The molecule has 1 saturated carbocycles. The zero-order valence-electron chi connectivity index (χ0n) is 13.9. The fourth-order valence-electron chi connectivity index (χ4n) is 3.76. The second kappa shape index (κ2) is 6.13.